The van der Waals surface area contributed by atoms with E-state index in [1.807, 2.05) is 31.2 Å². The second-order valence-electron chi connectivity index (χ2n) is 6.64. The van der Waals surface area contributed by atoms with Crippen LogP contribution in [-0.4, -0.2) is 11.6 Å². The molecule has 1 aromatic rings. The Morgan fingerprint density at radius 2 is 1.55 bits per heavy atom. The molecular weight excluding hydrogens is 248 g/mol. The molecule has 2 fully saturated rings. The summed E-state index contributed by atoms with van der Waals surface area (Å²) in [7, 11) is 0. The van der Waals surface area contributed by atoms with Crippen LogP contribution in [0.1, 0.15) is 62.0 Å². The van der Waals surface area contributed by atoms with Gasteiger partial charge >= 0.3 is 0 Å². The molecule has 0 bridgehead atoms. The van der Waals surface area contributed by atoms with E-state index in [0.717, 1.165) is 24.0 Å². The number of ketones is 2. The number of hydrogen-bond donors (Lipinski definition) is 0. The van der Waals surface area contributed by atoms with Crippen molar-refractivity contribution in [3.05, 3.63) is 35.4 Å². The van der Waals surface area contributed by atoms with E-state index in [4.69, 9.17) is 0 Å². The van der Waals surface area contributed by atoms with Gasteiger partial charge in [0.25, 0.3) is 0 Å². The van der Waals surface area contributed by atoms with Gasteiger partial charge in [-0.3, -0.25) is 9.59 Å². The molecule has 0 aliphatic heterocycles. The molecule has 0 heterocycles. The minimum atomic E-state index is -0.497. The lowest BCUT2D eigenvalue weighted by atomic mass is 9.61. The van der Waals surface area contributed by atoms with Crippen molar-refractivity contribution in [2.75, 3.05) is 0 Å². The van der Waals surface area contributed by atoms with E-state index in [1.54, 1.807) is 0 Å². The van der Waals surface area contributed by atoms with Gasteiger partial charge in [0, 0.05) is 12.8 Å². The van der Waals surface area contributed by atoms with E-state index in [2.05, 4.69) is 0 Å². The van der Waals surface area contributed by atoms with E-state index in [-0.39, 0.29) is 17.0 Å². The lowest BCUT2D eigenvalue weighted by Gasteiger charge is -2.41. The molecule has 2 saturated carbocycles. The second-order valence-corrected chi connectivity index (χ2v) is 6.64. The molecule has 2 aliphatic carbocycles. The molecule has 2 heteroatoms. The maximum Gasteiger partial charge on any atom is 0.148 e. The van der Waals surface area contributed by atoms with Crippen LogP contribution in [0.2, 0.25) is 0 Å². The summed E-state index contributed by atoms with van der Waals surface area (Å²) in [5, 5.41) is 0. The van der Waals surface area contributed by atoms with Gasteiger partial charge in [0.05, 0.1) is 0 Å². The van der Waals surface area contributed by atoms with Crippen LogP contribution in [0.3, 0.4) is 0 Å². The molecule has 106 valence electrons. The van der Waals surface area contributed by atoms with Crippen molar-refractivity contribution in [1.82, 2.24) is 0 Å². The third-order valence-electron chi connectivity index (χ3n) is 5.16. The zero-order valence-electron chi connectivity index (χ0n) is 12.2. The van der Waals surface area contributed by atoms with Crippen LogP contribution in [0.25, 0.3) is 0 Å². The highest BCUT2D eigenvalue weighted by atomic mass is 16.2. The van der Waals surface area contributed by atoms with Gasteiger partial charge in [-0.25, -0.2) is 0 Å². The Balaban J connectivity index is 1.88. The summed E-state index contributed by atoms with van der Waals surface area (Å²) >= 11 is 0. The quantitative estimate of drug-likeness (QED) is 0.724. The van der Waals surface area contributed by atoms with Crippen LogP contribution < -0.4 is 0 Å². The Hall–Kier alpha value is -1.44. The molecule has 0 unspecified atom stereocenters. The molecule has 20 heavy (non-hydrogen) atoms. The van der Waals surface area contributed by atoms with Crippen LogP contribution in [0.5, 0.6) is 0 Å². The molecule has 0 N–H and O–H groups in total. The maximum absolute atomic E-state index is 12.6. The van der Waals surface area contributed by atoms with Crippen LogP contribution in [0, 0.1) is 12.3 Å². The maximum atomic E-state index is 12.6. The molecule has 1 aromatic carbocycles. The van der Waals surface area contributed by atoms with Crippen LogP contribution >= 0.6 is 0 Å². The van der Waals surface area contributed by atoms with Crippen LogP contribution in [-0.2, 0) is 9.59 Å². The van der Waals surface area contributed by atoms with E-state index in [1.165, 1.54) is 19.3 Å². The molecule has 0 atom stereocenters. The first-order valence-corrected chi connectivity index (χ1v) is 7.72. The fourth-order valence-corrected chi connectivity index (χ4v) is 4.10. The zero-order valence-corrected chi connectivity index (χ0v) is 12.2. The first-order valence-electron chi connectivity index (χ1n) is 7.72. The Kier molecular flexibility index (Phi) is 3.49. The van der Waals surface area contributed by atoms with E-state index in [0.29, 0.717) is 12.8 Å². The Morgan fingerprint density at radius 1 is 0.950 bits per heavy atom. The smallest absolute Gasteiger partial charge is 0.148 e. The van der Waals surface area contributed by atoms with Crippen molar-refractivity contribution in [2.45, 2.75) is 57.8 Å². The third-order valence-corrected chi connectivity index (χ3v) is 5.16. The highest BCUT2D eigenvalue weighted by molar-refractivity contribution is 6.10. The fourth-order valence-electron chi connectivity index (χ4n) is 4.10. The van der Waals surface area contributed by atoms with Gasteiger partial charge in [0.15, 0.2) is 0 Å². The summed E-state index contributed by atoms with van der Waals surface area (Å²) in [5.74, 6) is -0.196. The normalized spacial score (nSPS) is 23.2. The first kappa shape index (κ1) is 13.5. The van der Waals surface area contributed by atoms with E-state index < -0.39 is 5.92 Å². The Morgan fingerprint density at radius 3 is 2.15 bits per heavy atom. The Labute approximate surface area is 120 Å². The molecular formula is C18H22O2. The van der Waals surface area contributed by atoms with E-state index in [9.17, 15) is 9.59 Å². The lowest BCUT2D eigenvalue weighted by molar-refractivity contribution is -0.137. The predicted molar refractivity (Wildman–Crippen MR) is 78.7 cm³/mol. The number of carbonyl (C=O) groups is 2. The van der Waals surface area contributed by atoms with Gasteiger partial charge in [-0.1, -0.05) is 43.5 Å². The number of Topliss-reactive ketones (excluding diaryl/α,β-unsaturated/α-hetero) is 2. The van der Waals surface area contributed by atoms with E-state index >= 15 is 0 Å². The van der Waals surface area contributed by atoms with Crippen molar-refractivity contribution >= 4 is 11.6 Å². The number of rotatable bonds is 1. The van der Waals surface area contributed by atoms with Gasteiger partial charge in [-0.2, -0.15) is 0 Å². The lowest BCUT2D eigenvalue weighted by Crippen LogP contribution is -2.40. The predicted octanol–water partition coefficient (Wildman–Crippen LogP) is 3.96. The number of benzene rings is 1. The molecule has 3 rings (SSSR count). The fraction of sp³-hybridized carbons (Fsp3) is 0.556. The van der Waals surface area contributed by atoms with Gasteiger partial charge in [0.1, 0.15) is 17.5 Å². The van der Waals surface area contributed by atoms with Crippen molar-refractivity contribution in [1.29, 1.82) is 0 Å². The number of hydrogen-bond acceptors (Lipinski definition) is 2. The summed E-state index contributed by atoms with van der Waals surface area (Å²) in [5.41, 5.74) is 1.98. The van der Waals surface area contributed by atoms with Crippen LogP contribution in [0.15, 0.2) is 24.3 Å². The highest BCUT2D eigenvalue weighted by Gasteiger charge is 2.45. The summed E-state index contributed by atoms with van der Waals surface area (Å²) in [4.78, 5) is 25.2. The molecule has 2 aliphatic rings. The standard InChI is InChI=1S/C18H22O2/c1-13-7-3-4-8-14(13)17-15(19)11-18(12-16(17)20)9-5-2-6-10-18/h3-4,7-8,17H,2,5-6,9-12H2,1H3. The average molecular weight is 270 g/mol. The topological polar surface area (TPSA) is 34.1 Å². The monoisotopic (exact) mass is 270 g/mol. The summed E-state index contributed by atoms with van der Waals surface area (Å²) in [6.07, 6.45) is 6.95. The van der Waals surface area contributed by atoms with Gasteiger partial charge in [0.2, 0.25) is 0 Å². The van der Waals surface area contributed by atoms with Crippen LogP contribution in [0.4, 0.5) is 0 Å². The Bertz CT molecular complexity index is 518. The van der Waals surface area contributed by atoms with Gasteiger partial charge in [-0.05, 0) is 36.3 Å². The highest BCUT2D eigenvalue weighted by Crippen LogP contribution is 2.48. The first-order chi connectivity index (χ1) is 9.61. The van der Waals surface area contributed by atoms with Gasteiger partial charge in [-0.15, -0.1) is 0 Å². The summed E-state index contributed by atoms with van der Waals surface area (Å²) < 4.78 is 0. The minimum Gasteiger partial charge on any atom is -0.299 e. The molecule has 0 radical (unpaired) electrons. The van der Waals surface area contributed by atoms with Crippen molar-refractivity contribution in [2.24, 2.45) is 5.41 Å². The van der Waals surface area contributed by atoms with Crippen molar-refractivity contribution in [3.63, 3.8) is 0 Å². The zero-order chi connectivity index (χ0) is 14.2. The van der Waals surface area contributed by atoms with Crippen molar-refractivity contribution < 1.29 is 9.59 Å². The number of carbonyl (C=O) groups excluding carboxylic acids is 2. The third kappa shape index (κ3) is 2.32. The van der Waals surface area contributed by atoms with Crippen molar-refractivity contribution in [3.8, 4) is 0 Å². The summed E-state index contributed by atoms with van der Waals surface area (Å²) in [6.45, 7) is 1.99. The van der Waals surface area contributed by atoms with Gasteiger partial charge < -0.3 is 0 Å². The molecule has 0 saturated heterocycles. The average Bonchev–Trinajstić information content (AvgIpc) is 2.41. The second kappa shape index (κ2) is 5.16. The number of aryl methyl sites for hydroxylation is 1. The molecule has 1 spiro atoms. The molecule has 2 nitrogen and oxygen atoms in total. The molecule has 0 aromatic heterocycles. The summed E-state index contributed by atoms with van der Waals surface area (Å²) in [6, 6.07) is 7.81. The largest absolute Gasteiger partial charge is 0.299 e. The molecule has 0 amide bonds. The minimum absolute atomic E-state index is 0.00556. The SMILES string of the molecule is Cc1ccccc1C1C(=O)CC2(CCCCC2)CC1=O.